The molecule has 282 valence electrons. The van der Waals surface area contributed by atoms with E-state index in [0.29, 0.717) is 11.3 Å². The number of hydrogen-bond acceptors (Lipinski definition) is 3. The first-order valence-electron chi connectivity index (χ1n) is 19.8. The molecular weight excluding hydrogens is 729 g/mol. The molecule has 9 rings (SSSR count). The molecule has 4 nitrogen and oxygen atoms in total. The smallest absolute Gasteiger partial charge is 0.202 e. The molecule has 0 aliphatic rings. The summed E-state index contributed by atoms with van der Waals surface area (Å²) in [7, 11) is 0. The fraction of sp³-hybridized carbons (Fsp3) is 0. The van der Waals surface area contributed by atoms with Crippen LogP contribution in [0.2, 0.25) is 0 Å². The van der Waals surface area contributed by atoms with Crippen molar-refractivity contribution in [3.8, 4) is 6.07 Å². The molecule has 60 heavy (non-hydrogen) atoms. The average Bonchev–Trinajstić information content (AvgIpc) is 3.31. The van der Waals surface area contributed by atoms with Gasteiger partial charge in [0.05, 0.1) is 12.1 Å². The van der Waals surface area contributed by atoms with Crippen molar-refractivity contribution in [1.82, 2.24) is 0 Å². The predicted octanol–water partition coefficient (Wildman–Crippen LogP) is 15.7. The lowest BCUT2D eigenvalue weighted by atomic mass is 9.93. The first-order valence-corrected chi connectivity index (χ1v) is 19.8. The van der Waals surface area contributed by atoms with Crippen molar-refractivity contribution in [2.45, 2.75) is 0 Å². The van der Waals surface area contributed by atoms with Gasteiger partial charge in [-0.15, -0.1) is 0 Å². The number of benzene rings is 9. The van der Waals surface area contributed by atoms with Crippen LogP contribution in [0.5, 0.6) is 0 Å². The molecule has 0 aliphatic carbocycles. The molecule has 0 aromatic heterocycles. The second-order valence-corrected chi connectivity index (χ2v) is 14.4. The second kappa shape index (κ2) is 17.0. The maximum Gasteiger partial charge on any atom is 0.202 e. The lowest BCUT2D eigenvalue weighted by Crippen LogP contribution is -2.09. The fourth-order valence-corrected chi connectivity index (χ4v) is 7.75. The zero-order valence-electron chi connectivity index (χ0n) is 32.7. The molecule has 0 spiro atoms. The normalized spacial score (nSPS) is 11.2. The minimum absolute atomic E-state index is 0.549. The van der Waals surface area contributed by atoms with E-state index in [4.69, 9.17) is 6.57 Å². The van der Waals surface area contributed by atoms with Gasteiger partial charge in [0.15, 0.2) is 0 Å². The van der Waals surface area contributed by atoms with Crippen LogP contribution in [0.25, 0.3) is 50.7 Å². The molecule has 0 N–H and O–H groups in total. The number of fused-ring (bicyclic) bond motifs is 2. The van der Waals surface area contributed by atoms with Gasteiger partial charge in [-0.1, -0.05) is 152 Å². The van der Waals surface area contributed by atoms with Crippen molar-refractivity contribution in [1.29, 1.82) is 5.26 Å². The molecule has 0 radical (unpaired) electrons. The van der Waals surface area contributed by atoms with Crippen LogP contribution < -0.4 is 9.80 Å². The van der Waals surface area contributed by atoms with Gasteiger partial charge in [-0.3, -0.25) is 0 Å². The number of hydrogen-bond donors (Lipinski definition) is 0. The predicted molar refractivity (Wildman–Crippen MR) is 253 cm³/mol. The van der Waals surface area contributed by atoms with Gasteiger partial charge in [-0.25, -0.2) is 4.85 Å². The van der Waals surface area contributed by atoms with E-state index in [9.17, 15) is 5.26 Å². The maximum absolute atomic E-state index is 10.5. The molecule has 0 unspecified atom stereocenters. The summed E-state index contributed by atoms with van der Waals surface area (Å²) in [4.78, 5) is 8.50. The standard InChI is InChI=1S/C56H38N4/c1-58-56-52-37-31-43(24-22-41-26-32-49(33-27-41)59(45-14-6-2-7-15-45)46-16-8-3-9-17-46)38-53(52)55(40-57)51-36-30-44(39-54(51)56)25-23-42-28-34-50(35-29-42)60(47-18-10-4-11-19-47)48-20-12-5-13-21-48/h2-39H/b24-22+,25-23+. The number of para-hydroxylation sites is 4. The Morgan fingerprint density at radius 2 is 0.700 bits per heavy atom. The Morgan fingerprint density at radius 1 is 0.367 bits per heavy atom. The third-order valence-corrected chi connectivity index (χ3v) is 10.7. The second-order valence-electron chi connectivity index (χ2n) is 14.4. The van der Waals surface area contributed by atoms with E-state index in [0.717, 1.165) is 77.9 Å². The van der Waals surface area contributed by atoms with Crippen LogP contribution in [0.15, 0.2) is 206 Å². The Bertz CT molecular complexity index is 2780. The molecule has 0 amide bonds. The summed E-state index contributed by atoms with van der Waals surface area (Å²) in [6, 6.07) is 72.9. The molecule has 0 atom stereocenters. The molecule has 0 heterocycles. The maximum atomic E-state index is 10.5. The van der Waals surface area contributed by atoms with E-state index in [-0.39, 0.29) is 0 Å². The Hall–Kier alpha value is -8.44. The summed E-state index contributed by atoms with van der Waals surface area (Å²) in [5.41, 5.74) is 11.6. The lowest BCUT2D eigenvalue weighted by Gasteiger charge is -2.25. The van der Waals surface area contributed by atoms with E-state index in [1.165, 1.54) is 0 Å². The van der Waals surface area contributed by atoms with Gasteiger partial charge in [0, 0.05) is 34.1 Å². The molecule has 0 saturated carbocycles. The summed E-state index contributed by atoms with van der Waals surface area (Å²) in [6.07, 6.45) is 8.29. The van der Waals surface area contributed by atoms with E-state index >= 15 is 0 Å². The van der Waals surface area contributed by atoms with Gasteiger partial charge < -0.3 is 9.80 Å². The summed E-state index contributed by atoms with van der Waals surface area (Å²) < 4.78 is 0. The van der Waals surface area contributed by atoms with Gasteiger partial charge in [0.2, 0.25) is 5.69 Å². The number of nitriles is 1. The largest absolute Gasteiger partial charge is 0.311 e. The van der Waals surface area contributed by atoms with Gasteiger partial charge >= 0.3 is 0 Å². The highest BCUT2D eigenvalue weighted by molar-refractivity contribution is 6.16. The van der Waals surface area contributed by atoms with Crippen molar-refractivity contribution >= 4 is 85.7 Å². The van der Waals surface area contributed by atoms with Crippen LogP contribution >= 0.6 is 0 Å². The number of anilines is 6. The van der Waals surface area contributed by atoms with Crippen LogP contribution in [-0.4, -0.2) is 0 Å². The molecule has 9 aromatic rings. The lowest BCUT2D eigenvalue weighted by molar-refractivity contribution is 1.28. The molecular formula is C56H38N4. The third-order valence-electron chi connectivity index (χ3n) is 10.7. The van der Waals surface area contributed by atoms with E-state index in [1.54, 1.807) is 0 Å². The molecule has 9 aromatic carbocycles. The first kappa shape index (κ1) is 37.2. The first-order chi connectivity index (χ1) is 29.7. The topological polar surface area (TPSA) is 34.6 Å². The molecule has 4 heteroatoms. The zero-order chi connectivity index (χ0) is 40.7. The number of nitrogens with zero attached hydrogens (tertiary/aromatic N) is 4. The Kier molecular flexibility index (Phi) is 10.5. The monoisotopic (exact) mass is 766 g/mol. The Balaban J connectivity index is 0.975. The van der Waals surface area contributed by atoms with E-state index in [2.05, 4.69) is 191 Å². The van der Waals surface area contributed by atoms with E-state index in [1.807, 2.05) is 60.7 Å². The van der Waals surface area contributed by atoms with Crippen molar-refractivity contribution in [2.24, 2.45) is 0 Å². The summed E-state index contributed by atoms with van der Waals surface area (Å²) in [6.45, 7) is 8.23. The molecule has 0 aliphatic heterocycles. The van der Waals surface area contributed by atoms with Gasteiger partial charge in [0.1, 0.15) is 6.07 Å². The third kappa shape index (κ3) is 7.65. The van der Waals surface area contributed by atoms with E-state index < -0.39 is 0 Å². The average molecular weight is 767 g/mol. The molecule has 0 bridgehead atoms. The Labute approximate surface area is 350 Å². The highest BCUT2D eigenvalue weighted by atomic mass is 15.1. The zero-order valence-corrected chi connectivity index (χ0v) is 32.7. The summed E-state index contributed by atoms with van der Waals surface area (Å²) in [5.74, 6) is 0. The van der Waals surface area contributed by atoms with Crippen LogP contribution in [0.1, 0.15) is 27.8 Å². The van der Waals surface area contributed by atoms with Crippen LogP contribution in [0, 0.1) is 17.9 Å². The SMILES string of the molecule is [C-]#[N+]c1c2ccc(/C=C/c3ccc(N(c4ccccc4)c4ccccc4)cc3)cc2c(C#N)c2ccc(/C=C/c3ccc(N(c4ccccc4)c4ccccc4)cc3)cc12. The van der Waals surface area contributed by atoms with Crippen molar-refractivity contribution in [3.05, 3.63) is 245 Å². The van der Waals surface area contributed by atoms with Crippen molar-refractivity contribution in [3.63, 3.8) is 0 Å². The van der Waals surface area contributed by atoms with Gasteiger partial charge in [-0.05, 0) is 123 Å². The highest BCUT2D eigenvalue weighted by Gasteiger charge is 2.16. The number of rotatable bonds is 10. The minimum atomic E-state index is 0.549. The minimum Gasteiger partial charge on any atom is -0.311 e. The summed E-state index contributed by atoms with van der Waals surface area (Å²) >= 11 is 0. The van der Waals surface area contributed by atoms with Gasteiger partial charge in [0.25, 0.3) is 0 Å². The van der Waals surface area contributed by atoms with Crippen LogP contribution in [-0.2, 0) is 0 Å². The van der Waals surface area contributed by atoms with Gasteiger partial charge in [-0.2, -0.15) is 5.26 Å². The van der Waals surface area contributed by atoms with Crippen LogP contribution in [0.4, 0.5) is 39.8 Å². The highest BCUT2D eigenvalue weighted by Crippen LogP contribution is 2.40. The molecule has 0 fully saturated rings. The quantitative estimate of drug-likeness (QED) is 0.0790. The van der Waals surface area contributed by atoms with Crippen molar-refractivity contribution in [2.75, 3.05) is 9.80 Å². The molecule has 0 saturated heterocycles. The fourth-order valence-electron chi connectivity index (χ4n) is 7.75. The summed E-state index contributed by atoms with van der Waals surface area (Å²) in [5, 5.41) is 13.6. The van der Waals surface area contributed by atoms with Crippen LogP contribution in [0.3, 0.4) is 0 Å². The Morgan fingerprint density at radius 3 is 1.08 bits per heavy atom. The van der Waals surface area contributed by atoms with Crippen molar-refractivity contribution < 1.29 is 0 Å².